The second-order valence-electron chi connectivity index (χ2n) is 4.53. The Morgan fingerprint density at radius 1 is 1.24 bits per heavy atom. The van der Waals surface area contributed by atoms with Crippen molar-refractivity contribution in [1.82, 2.24) is 0 Å². The highest BCUT2D eigenvalue weighted by Gasteiger charge is 2.28. The number of carbonyl (C=O) groups is 1. The van der Waals surface area contributed by atoms with Crippen molar-refractivity contribution in [3.8, 4) is 0 Å². The molecule has 0 radical (unpaired) electrons. The van der Waals surface area contributed by atoms with E-state index in [1.807, 2.05) is 0 Å². The summed E-state index contributed by atoms with van der Waals surface area (Å²) in [6, 6.07) is 2.49. The van der Waals surface area contributed by atoms with E-state index in [9.17, 15) is 26.4 Å². The van der Waals surface area contributed by atoms with Crippen LogP contribution in [0.5, 0.6) is 0 Å². The third-order valence-corrected chi connectivity index (χ3v) is 4.02. The highest BCUT2D eigenvalue weighted by molar-refractivity contribution is 8.13. The summed E-state index contributed by atoms with van der Waals surface area (Å²) in [5, 5.41) is 2.35. The van der Waals surface area contributed by atoms with E-state index in [4.69, 9.17) is 10.7 Å². The maximum Gasteiger partial charge on any atom is 0.389 e. The predicted octanol–water partition coefficient (Wildman–Crippen LogP) is 3.51. The first kappa shape index (κ1) is 17.8. The molecule has 0 saturated heterocycles. The molecule has 4 nitrogen and oxygen atoms in total. The summed E-state index contributed by atoms with van der Waals surface area (Å²) in [4.78, 5) is 11.4. The lowest BCUT2D eigenvalue weighted by atomic mass is 10.1. The van der Waals surface area contributed by atoms with Gasteiger partial charge in [-0.15, -0.1) is 0 Å². The van der Waals surface area contributed by atoms with E-state index in [1.165, 1.54) is 26.0 Å². The molecule has 0 saturated carbocycles. The number of benzene rings is 1. The van der Waals surface area contributed by atoms with Crippen LogP contribution in [0.2, 0.25) is 0 Å². The maximum atomic E-state index is 12.0. The van der Waals surface area contributed by atoms with Crippen LogP contribution in [-0.2, 0) is 13.8 Å². The smallest absolute Gasteiger partial charge is 0.326 e. The number of anilines is 1. The number of rotatable bonds is 4. The van der Waals surface area contributed by atoms with E-state index in [0.717, 1.165) is 0 Å². The Balaban J connectivity index is 2.93. The molecule has 0 aliphatic rings. The minimum atomic E-state index is -4.40. The van der Waals surface area contributed by atoms with Gasteiger partial charge in [0.2, 0.25) is 5.91 Å². The molecule has 9 heteroatoms. The minimum Gasteiger partial charge on any atom is -0.326 e. The summed E-state index contributed by atoms with van der Waals surface area (Å²) in [5.41, 5.74) is 1.08. The lowest BCUT2D eigenvalue weighted by Gasteiger charge is -2.13. The fourth-order valence-electron chi connectivity index (χ4n) is 1.72. The zero-order valence-corrected chi connectivity index (χ0v) is 12.8. The average molecular weight is 344 g/mol. The van der Waals surface area contributed by atoms with Gasteiger partial charge in [0.1, 0.15) is 0 Å². The lowest BCUT2D eigenvalue weighted by Crippen LogP contribution is -2.17. The molecule has 0 aliphatic carbocycles. The van der Waals surface area contributed by atoms with Gasteiger partial charge >= 0.3 is 6.18 Å². The van der Waals surface area contributed by atoms with Crippen LogP contribution in [0.4, 0.5) is 18.9 Å². The Kier molecular flexibility index (Phi) is 5.27. The molecule has 1 amide bonds. The topological polar surface area (TPSA) is 63.2 Å². The van der Waals surface area contributed by atoms with Gasteiger partial charge in [-0.3, -0.25) is 4.79 Å². The summed E-state index contributed by atoms with van der Waals surface area (Å²) in [6.07, 6.45) is -6.32. The van der Waals surface area contributed by atoms with Gasteiger partial charge in [-0.1, -0.05) is 0 Å². The average Bonchev–Trinajstić information content (AvgIpc) is 2.29. The van der Waals surface area contributed by atoms with Crippen molar-refractivity contribution in [2.45, 2.75) is 37.8 Å². The van der Waals surface area contributed by atoms with E-state index in [2.05, 4.69) is 5.32 Å². The molecule has 0 atom stereocenters. The third-order valence-electron chi connectivity index (χ3n) is 2.69. The van der Waals surface area contributed by atoms with Crippen LogP contribution in [0.3, 0.4) is 0 Å². The van der Waals surface area contributed by atoms with Crippen molar-refractivity contribution in [1.29, 1.82) is 0 Å². The van der Waals surface area contributed by atoms with Crippen molar-refractivity contribution in [2.24, 2.45) is 0 Å². The van der Waals surface area contributed by atoms with Gasteiger partial charge in [-0.05, 0) is 37.1 Å². The molecule has 1 aromatic rings. The molecule has 21 heavy (non-hydrogen) atoms. The van der Waals surface area contributed by atoms with Gasteiger partial charge in [0, 0.05) is 22.8 Å². The van der Waals surface area contributed by atoms with Crippen LogP contribution < -0.4 is 5.32 Å². The molecule has 0 aromatic heterocycles. The van der Waals surface area contributed by atoms with Crippen LogP contribution in [0.15, 0.2) is 17.0 Å². The van der Waals surface area contributed by atoms with E-state index in [-0.39, 0.29) is 10.6 Å². The molecule has 1 aromatic carbocycles. The second-order valence-corrected chi connectivity index (χ2v) is 7.10. The van der Waals surface area contributed by atoms with E-state index in [1.54, 1.807) is 0 Å². The van der Waals surface area contributed by atoms with Crippen LogP contribution in [0, 0.1) is 13.8 Å². The maximum absolute atomic E-state index is 12.0. The highest BCUT2D eigenvalue weighted by Crippen LogP contribution is 2.27. The van der Waals surface area contributed by atoms with E-state index < -0.39 is 34.0 Å². The second kappa shape index (κ2) is 6.23. The number of amides is 1. The zero-order chi connectivity index (χ0) is 16.4. The summed E-state index contributed by atoms with van der Waals surface area (Å²) < 4.78 is 58.6. The summed E-state index contributed by atoms with van der Waals surface area (Å²) in [5.74, 6) is -0.792. The lowest BCUT2D eigenvalue weighted by molar-refractivity contribution is -0.142. The summed E-state index contributed by atoms with van der Waals surface area (Å²) in [6.45, 7) is 3.05. The molecule has 0 heterocycles. The molecule has 118 valence electrons. The molecule has 0 unspecified atom stereocenters. The van der Waals surface area contributed by atoms with Crippen molar-refractivity contribution < 1.29 is 26.4 Å². The van der Waals surface area contributed by atoms with Gasteiger partial charge < -0.3 is 5.32 Å². The van der Waals surface area contributed by atoms with Gasteiger partial charge in [0.25, 0.3) is 9.05 Å². The van der Waals surface area contributed by atoms with Crippen molar-refractivity contribution in [2.75, 3.05) is 5.32 Å². The van der Waals surface area contributed by atoms with Gasteiger partial charge in [0.15, 0.2) is 0 Å². The number of carbonyl (C=O) groups excluding carboxylic acids is 1. The zero-order valence-electron chi connectivity index (χ0n) is 11.2. The SMILES string of the molecule is Cc1cc(S(=O)(=O)Cl)cc(C)c1NC(=O)CCC(F)(F)F. The van der Waals surface area contributed by atoms with Crippen molar-refractivity contribution in [3.63, 3.8) is 0 Å². The normalized spacial score (nSPS) is 12.3. The van der Waals surface area contributed by atoms with Crippen LogP contribution in [-0.4, -0.2) is 20.5 Å². The van der Waals surface area contributed by atoms with E-state index >= 15 is 0 Å². The third kappa shape index (κ3) is 5.55. The van der Waals surface area contributed by atoms with Gasteiger partial charge in [-0.2, -0.15) is 13.2 Å². The number of nitrogens with one attached hydrogen (secondary N) is 1. The van der Waals surface area contributed by atoms with Crippen LogP contribution in [0.25, 0.3) is 0 Å². The fourth-order valence-corrected chi connectivity index (χ4v) is 2.62. The Labute approximate surface area is 124 Å². The molecule has 0 aliphatic heterocycles. The Morgan fingerprint density at radius 3 is 2.10 bits per heavy atom. The minimum absolute atomic E-state index is 0.132. The number of halogens is 4. The first-order valence-corrected chi connectivity index (χ1v) is 8.13. The quantitative estimate of drug-likeness (QED) is 0.851. The molecule has 0 bridgehead atoms. The van der Waals surface area contributed by atoms with Crippen LogP contribution in [0.1, 0.15) is 24.0 Å². The monoisotopic (exact) mass is 343 g/mol. The molecular weight excluding hydrogens is 331 g/mol. The molecule has 0 fully saturated rings. The molecular formula is C12H13ClF3NO3S. The number of aryl methyl sites for hydroxylation is 2. The van der Waals surface area contributed by atoms with E-state index in [0.29, 0.717) is 11.1 Å². The summed E-state index contributed by atoms with van der Waals surface area (Å²) in [7, 11) is 1.31. The number of hydrogen-bond donors (Lipinski definition) is 1. The summed E-state index contributed by atoms with van der Waals surface area (Å²) >= 11 is 0. The molecule has 1 N–H and O–H groups in total. The van der Waals surface area contributed by atoms with Crippen molar-refractivity contribution >= 4 is 31.3 Å². The first-order valence-electron chi connectivity index (χ1n) is 5.82. The Morgan fingerprint density at radius 2 is 1.71 bits per heavy atom. The Bertz CT molecular complexity index is 633. The largest absolute Gasteiger partial charge is 0.389 e. The fraction of sp³-hybridized carbons (Fsp3) is 0.417. The van der Waals surface area contributed by atoms with Crippen molar-refractivity contribution in [3.05, 3.63) is 23.3 Å². The molecule has 0 spiro atoms. The Hall–Kier alpha value is -1.28. The van der Waals surface area contributed by atoms with Gasteiger partial charge in [-0.25, -0.2) is 8.42 Å². The number of alkyl halides is 3. The van der Waals surface area contributed by atoms with Gasteiger partial charge in [0.05, 0.1) is 11.3 Å². The highest BCUT2D eigenvalue weighted by atomic mass is 35.7. The van der Waals surface area contributed by atoms with Crippen LogP contribution >= 0.6 is 10.7 Å². The first-order chi connectivity index (χ1) is 9.40. The predicted molar refractivity (Wildman–Crippen MR) is 72.9 cm³/mol. The molecule has 1 rings (SSSR count). The number of hydrogen-bond acceptors (Lipinski definition) is 3. The standard InChI is InChI=1S/C12H13ClF3NO3S/c1-7-5-9(21(13,19)20)6-8(2)11(7)17-10(18)3-4-12(14,15)16/h5-6H,3-4H2,1-2H3,(H,17,18).